The van der Waals surface area contributed by atoms with Crippen LogP contribution < -0.4 is 14.5 Å². The van der Waals surface area contributed by atoms with Gasteiger partial charge in [0.25, 0.3) is 17.5 Å². The van der Waals surface area contributed by atoms with E-state index >= 15 is 0 Å². The minimum Gasteiger partial charge on any atom is -0.497 e. The topological polar surface area (TPSA) is 106 Å². The van der Waals surface area contributed by atoms with Crippen molar-refractivity contribution in [2.24, 2.45) is 0 Å². The zero-order chi connectivity index (χ0) is 28.6. The number of methoxy groups -OCH3 is 1. The average Bonchev–Trinajstić information content (AvgIpc) is 3.42. The van der Waals surface area contributed by atoms with Crippen LogP contribution in [-0.2, 0) is 9.59 Å². The summed E-state index contributed by atoms with van der Waals surface area (Å²) in [4.78, 5) is 41.3. The van der Waals surface area contributed by atoms with Gasteiger partial charge in [0.2, 0.25) is 0 Å². The Kier molecular flexibility index (Phi) is 7.02. The van der Waals surface area contributed by atoms with E-state index in [9.17, 15) is 19.7 Å². The summed E-state index contributed by atoms with van der Waals surface area (Å²) in [5, 5.41) is 11.7. The van der Waals surface area contributed by atoms with E-state index in [0.29, 0.717) is 17.1 Å². The molecule has 4 aromatic rings. The molecule has 40 heavy (non-hydrogen) atoms. The molecule has 0 aliphatic carbocycles. The Balaban J connectivity index is 1.60. The standard InChI is InChI=1S/C30H23N3O6S/c1-18-9-10-21(15-19(18)2)32-29(35)25(28(34)31(30(32)40)20-7-5-4-6-8-20)16-23-12-14-27(39-23)24-13-11-22(38-3)17-26(24)33(36)37/h4-17H,1-3H3. The lowest BCUT2D eigenvalue weighted by molar-refractivity contribution is -0.384. The molecule has 0 unspecified atom stereocenters. The van der Waals surface area contributed by atoms with Crippen LogP contribution in [0.5, 0.6) is 5.75 Å². The number of rotatable bonds is 6. The lowest BCUT2D eigenvalue weighted by Gasteiger charge is -2.36. The molecular formula is C30H23N3O6S. The van der Waals surface area contributed by atoms with Crippen molar-refractivity contribution in [2.45, 2.75) is 13.8 Å². The highest BCUT2D eigenvalue weighted by Gasteiger charge is 2.41. The van der Waals surface area contributed by atoms with Gasteiger partial charge < -0.3 is 9.15 Å². The molecule has 1 saturated heterocycles. The number of carbonyl (C=O) groups is 2. The normalized spacial score (nSPS) is 14.7. The molecule has 0 spiro atoms. The number of nitrogens with zero attached hydrogens (tertiary/aromatic N) is 3. The number of anilines is 2. The predicted molar refractivity (Wildman–Crippen MR) is 155 cm³/mol. The third kappa shape index (κ3) is 4.76. The van der Waals surface area contributed by atoms with Crippen molar-refractivity contribution in [2.75, 3.05) is 16.9 Å². The minimum absolute atomic E-state index is 0.0237. The molecule has 1 aliphatic rings. The van der Waals surface area contributed by atoms with Crippen molar-refractivity contribution in [1.29, 1.82) is 0 Å². The van der Waals surface area contributed by atoms with Crippen molar-refractivity contribution in [3.63, 3.8) is 0 Å². The SMILES string of the molecule is COc1ccc(-c2ccc(C=C3C(=O)N(c4ccccc4)C(=S)N(c4ccc(C)c(C)c4)C3=O)o2)c([N+](=O)[O-])c1. The van der Waals surface area contributed by atoms with E-state index in [2.05, 4.69) is 0 Å². The number of para-hydroxylation sites is 1. The lowest BCUT2D eigenvalue weighted by atomic mass is 10.1. The van der Waals surface area contributed by atoms with Gasteiger partial charge in [0, 0.05) is 0 Å². The van der Waals surface area contributed by atoms with Crippen LogP contribution in [0.15, 0.2) is 88.9 Å². The van der Waals surface area contributed by atoms with Crippen LogP contribution in [0.4, 0.5) is 17.1 Å². The summed E-state index contributed by atoms with van der Waals surface area (Å²) in [6, 6.07) is 21.8. The number of hydrogen-bond donors (Lipinski definition) is 0. The van der Waals surface area contributed by atoms with Crippen molar-refractivity contribution in [1.82, 2.24) is 0 Å². The van der Waals surface area contributed by atoms with Crippen LogP contribution in [0.1, 0.15) is 16.9 Å². The number of amides is 2. The maximum Gasteiger partial charge on any atom is 0.284 e. The van der Waals surface area contributed by atoms with Gasteiger partial charge in [-0.15, -0.1) is 0 Å². The largest absolute Gasteiger partial charge is 0.497 e. The molecule has 5 rings (SSSR count). The molecule has 1 aliphatic heterocycles. The van der Waals surface area contributed by atoms with Crippen LogP contribution in [-0.4, -0.2) is 29.0 Å². The van der Waals surface area contributed by atoms with Gasteiger partial charge in [-0.2, -0.15) is 0 Å². The monoisotopic (exact) mass is 553 g/mol. The number of aryl methyl sites for hydroxylation is 2. The van der Waals surface area contributed by atoms with Gasteiger partial charge in [0.1, 0.15) is 22.8 Å². The molecular weight excluding hydrogens is 530 g/mol. The second-order valence-corrected chi connectivity index (χ2v) is 9.43. The van der Waals surface area contributed by atoms with Gasteiger partial charge in [-0.25, -0.2) is 0 Å². The van der Waals surface area contributed by atoms with E-state index in [1.807, 2.05) is 32.0 Å². The molecule has 3 aromatic carbocycles. The fourth-order valence-electron chi connectivity index (χ4n) is 4.34. The van der Waals surface area contributed by atoms with E-state index in [1.54, 1.807) is 42.5 Å². The van der Waals surface area contributed by atoms with Gasteiger partial charge in [-0.05, 0) is 91.8 Å². The summed E-state index contributed by atoms with van der Waals surface area (Å²) >= 11 is 5.67. The number of thiocarbonyl (C=S) groups is 1. The van der Waals surface area contributed by atoms with Crippen LogP contribution >= 0.6 is 12.2 Å². The molecule has 0 atom stereocenters. The molecule has 2 heterocycles. The smallest absolute Gasteiger partial charge is 0.284 e. The van der Waals surface area contributed by atoms with Crippen LogP contribution in [0, 0.1) is 24.0 Å². The van der Waals surface area contributed by atoms with E-state index in [-0.39, 0.29) is 33.5 Å². The summed E-state index contributed by atoms with van der Waals surface area (Å²) in [5.74, 6) is -0.546. The van der Waals surface area contributed by atoms with Gasteiger partial charge in [-0.1, -0.05) is 24.3 Å². The molecule has 0 bridgehead atoms. The summed E-state index contributed by atoms with van der Waals surface area (Å²) in [6.45, 7) is 3.89. The number of ether oxygens (including phenoxy) is 1. The molecule has 9 nitrogen and oxygen atoms in total. The van der Waals surface area contributed by atoms with Crippen molar-refractivity contribution < 1.29 is 23.7 Å². The van der Waals surface area contributed by atoms with E-state index < -0.39 is 16.7 Å². The molecule has 0 N–H and O–H groups in total. The fraction of sp³-hybridized carbons (Fsp3) is 0.100. The Morgan fingerprint density at radius 3 is 2.23 bits per heavy atom. The van der Waals surface area contributed by atoms with Crippen molar-refractivity contribution >= 4 is 52.3 Å². The molecule has 0 saturated carbocycles. The quantitative estimate of drug-likeness (QED) is 0.0916. The summed E-state index contributed by atoms with van der Waals surface area (Å²) < 4.78 is 11.0. The highest BCUT2D eigenvalue weighted by molar-refractivity contribution is 7.81. The van der Waals surface area contributed by atoms with Crippen LogP contribution in [0.3, 0.4) is 0 Å². The average molecular weight is 554 g/mol. The first kappa shape index (κ1) is 26.5. The second kappa shape index (κ2) is 10.6. The van der Waals surface area contributed by atoms with E-state index in [0.717, 1.165) is 11.1 Å². The maximum atomic E-state index is 13.8. The molecule has 10 heteroatoms. The highest BCUT2D eigenvalue weighted by atomic mass is 32.1. The van der Waals surface area contributed by atoms with E-state index in [1.165, 1.54) is 41.2 Å². The molecule has 1 aromatic heterocycles. The van der Waals surface area contributed by atoms with Crippen molar-refractivity contribution in [3.05, 3.63) is 111 Å². The molecule has 200 valence electrons. The van der Waals surface area contributed by atoms with Gasteiger partial charge >= 0.3 is 0 Å². The van der Waals surface area contributed by atoms with E-state index in [4.69, 9.17) is 21.4 Å². The highest BCUT2D eigenvalue weighted by Crippen LogP contribution is 2.35. The summed E-state index contributed by atoms with van der Waals surface area (Å²) in [6.07, 6.45) is 1.33. The number of hydrogen-bond acceptors (Lipinski definition) is 7. The molecule has 2 amide bonds. The zero-order valence-electron chi connectivity index (χ0n) is 21.8. The minimum atomic E-state index is -0.616. The van der Waals surface area contributed by atoms with Crippen LogP contribution in [0.25, 0.3) is 17.4 Å². The number of nitro benzene ring substituents is 1. The molecule has 0 radical (unpaired) electrons. The fourth-order valence-corrected chi connectivity index (χ4v) is 4.72. The Labute approximate surface area is 235 Å². The molecule has 1 fully saturated rings. The maximum absolute atomic E-state index is 13.8. The number of benzene rings is 3. The Morgan fingerprint density at radius 1 is 0.875 bits per heavy atom. The second-order valence-electron chi connectivity index (χ2n) is 9.07. The zero-order valence-corrected chi connectivity index (χ0v) is 22.6. The Morgan fingerprint density at radius 2 is 1.57 bits per heavy atom. The third-order valence-electron chi connectivity index (χ3n) is 6.59. The Bertz CT molecular complexity index is 1710. The predicted octanol–water partition coefficient (Wildman–Crippen LogP) is 6.23. The number of nitro groups is 1. The summed E-state index contributed by atoms with van der Waals surface area (Å²) in [7, 11) is 1.42. The number of furan rings is 1. The lowest BCUT2D eigenvalue weighted by Crippen LogP contribution is -2.57. The van der Waals surface area contributed by atoms with Crippen LogP contribution in [0.2, 0.25) is 0 Å². The first-order valence-corrected chi connectivity index (χ1v) is 12.6. The first-order valence-electron chi connectivity index (χ1n) is 12.2. The van der Waals surface area contributed by atoms with Gasteiger partial charge in [0.15, 0.2) is 5.11 Å². The first-order chi connectivity index (χ1) is 19.2. The van der Waals surface area contributed by atoms with Gasteiger partial charge in [-0.3, -0.25) is 29.5 Å². The van der Waals surface area contributed by atoms with Gasteiger partial charge in [0.05, 0.1) is 35.0 Å². The summed E-state index contributed by atoms with van der Waals surface area (Å²) in [5.41, 5.74) is 2.85. The Hall–Kier alpha value is -5.09. The number of carbonyl (C=O) groups excluding carboxylic acids is 2. The van der Waals surface area contributed by atoms with Crippen molar-refractivity contribution in [3.8, 4) is 17.1 Å². The third-order valence-corrected chi connectivity index (χ3v) is 6.96.